The molecule has 9 heteroatoms. The van der Waals surface area contributed by atoms with Crippen molar-refractivity contribution in [1.29, 1.82) is 0 Å². The van der Waals surface area contributed by atoms with Gasteiger partial charge in [0.1, 0.15) is 0 Å². The summed E-state index contributed by atoms with van der Waals surface area (Å²) in [7, 11) is -1.25. The average molecular weight is 317 g/mol. The molecule has 1 aromatic rings. The van der Waals surface area contributed by atoms with Gasteiger partial charge >= 0.3 is 0 Å². The Morgan fingerprint density at radius 3 is 2.43 bits per heavy atom. The minimum atomic E-state index is -4.11. The molecule has 21 heavy (non-hydrogen) atoms. The Morgan fingerprint density at radius 2 is 2.00 bits per heavy atom. The van der Waals surface area contributed by atoms with E-state index in [1.807, 2.05) is 0 Å². The largest absolute Gasteiger partial charge is 0.394 e. The SMILES string of the molecule is CNc1ccc(S(=O)(=O)N(C)C(C)(C)CO)c([N+](=O)[O-])c1. The summed E-state index contributed by atoms with van der Waals surface area (Å²) in [6.45, 7) is 2.64. The molecule has 1 rings (SSSR count). The third-order valence-electron chi connectivity index (χ3n) is 3.32. The first-order valence-corrected chi connectivity index (χ1v) is 7.58. The van der Waals surface area contributed by atoms with Crippen LogP contribution in [-0.2, 0) is 10.0 Å². The van der Waals surface area contributed by atoms with Crippen LogP contribution in [0.25, 0.3) is 0 Å². The molecule has 0 aliphatic carbocycles. The zero-order valence-electron chi connectivity index (χ0n) is 12.3. The van der Waals surface area contributed by atoms with Gasteiger partial charge in [0, 0.05) is 25.8 Å². The van der Waals surface area contributed by atoms with Crippen LogP contribution in [0.1, 0.15) is 13.8 Å². The maximum Gasteiger partial charge on any atom is 0.291 e. The number of aliphatic hydroxyl groups excluding tert-OH is 1. The van der Waals surface area contributed by atoms with Crippen LogP contribution in [0, 0.1) is 10.1 Å². The Balaban J connectivity index is 3.48. The Morgan fingerprint density at radius 1 is 1.43 bits per heavy atom. The summed E-state index contributed by atoms with van der Waals surface area (Å²) in [6, 6.07) is 3.79. The zero-order chi connectivity index (χ0) is 16.4. The van der Waals surface area contributed by atoms with Crippen molar-refractivity contribution < 1.29 is 18.4 Å². The predicted octanol–water partition coefficient (Wildman–Crippen LogP) is 1.03. The number of hydrogen-bond donors (Lipinski definition) is 2. The van der Waals surface area contributed by atoms with Crippen molar-refractivity contribution in [3.05, 3.63) is 28.3 Å². The maximum absolute atomic E-state index is 12.6. The Hall–Kier alpha value is -1.71. The van der Waals surface area contributed by atoms with Gasteiger partial charge in [-0.05, 0) is 26.0 Å². The molecule has 0 aliphatic heterocycles. The summed E-state index contributed by atoms with van der Waals surface area (Å²) in [5.74, 6) is 0. The third-order valence-corrected chi connectivity index (χ3v) is 5.44. The molecule has 118 valence electrons. The predicted molar refractivity (Wildman–Crippen MR) is 78.8 cm³/mol. The Labute approximate surface area is 123 Å². The monoisotopic (exact) mass is 317 g/mol. The van der Waals surface area contributed by atoms with Crippen molar-refractivity contribution in [2.24, 2.45) is 0 Å². The van der Waals surface area contributed by atoms with E-state index in [0.29, 0.717) is 5.69 Å². The Bertz CT molecular complexity index is 642. The molecule has 2 N–H and O–H groups in total. The van der Waals surface area contributed by atoms with Crippen LogP contribution < -0.4 is 5.32 Å². The van der Waals surface area contributed by atoms with Crippen molar-refractivity contribution in [3.63, 3.8) is 0 Å². The summed E-state index contributed by atoms with van der Waals surface area (Å²) >= 11 is 0. The van der Waals surface area contributed by atoms with Crippen molar-refractivity contribution in [2.75, 3.05) is 26.0 Å². The second-order valence-electron chi connectivity index (χ2n) is 5.13. The van der Waals surface area contributed by atoms with Crippen LogP contribution in [0.2, 0.25) is 0 Å². The lowest BCUT2D eigenvalue weighted by Crippen LogP contribution is -2.47. The number of nitro groups is 1. The van der Waals surface area contributed by atoms with Gasteiger partial charge in [0.2, 0.25) is 10.0 Å². The van der Waals surface area contributed by atoms with E-state index in [1.54, 1.807) is 7.05 Å². The lowest BCUT2D eigenvalue weighted by atomic mass is 10.1. The van der Waals surface area contributed by atoms with Gasteiger partial charge in [-0.25, -0.2) is 8.42 Å². The van der Waals surface area contributed by atoms with Gasteiger partial charge in [-0.2, -0.15) is 4.31 Å². The molecule has 0 radical (unpaired) electrons. The van der Waals surface area contributed by atoms with E-state index in [-0.39, 0.29) is 0 Å². The smallest absolute Gasteiger partial charge is 0.291 e. The number of rotatable bonds is 6. The zero-order valence-corrected chi connectivity index (χ0v) is 13.1. The van der Waals surface area contributed by atoms with Crippen molar-refractivity contribution in [1.82, 2.24) is 4.31 Å². The molecule has 0 atom stereocenters. The van der Waals surface area contributed by atoms with Gasteiger partial charge in [-0.15, -0.1) is 0 Å². The lowest BCUT2D eigenvalue weighted by Gasteiger charge is -2.32. The highest BCUT2D eigenvalue weighted by atomic mass is 32.2. The molecule has 0 saturated heterocycles. The van der Waals surface area contributed by atoms with Crippen LogP contribution in [0.15, 0.2) is 23.1 Å². The Kier molecular flexibility index (Phi) is 4.92. The topological polar surface area (TPSA) is 113 Å². The van der Waals surface area contributed by atoms with E-state index in [2.05, 4.69) is 5.32 Å². The van der Waals surface area contributed by atoms with Crippen LogP contribution in [0.4, 0.5) is 11.4 Å². The van der Waals surface area contributed by atoms with Crippen LogP contribution in [-0.4, -0.2) is 49.0 Å². The number of aliphatic hydroxyl groups is 1. The minimum Gasteiger partial charge on any atom is -0.394 e. The normalized spacial score (nSPS) is 12.5. The summed E-state index contributed by atoms with van der Waals surface area (Å²) in [6.07, 6.45) is 0. The lowest BCUT2D eigenvalue weighted by molar-refractivity contribution is -0.387. The van der Waals surface area contributed by atoms with E-state index < -0.39 is 37.7 Å². The number of nitrogens with zero attached hydrogens (tertiary/aromatic N) is 2. The van der Waals surface area contributed by atoms with Crippen LogP contribution in [0.3, 0.4) is 0 Å². The summed E-state index contributed by atoms with van der Waals surface area (Å²) in [5, 5.41) is 23.1. The molecule has 0 saturated carbocycles. The molecule has 0 amide bonds. The molecular weight excluding hydrogens is 298 g/mol. The highest BCUT2D eigenvalue weighted by molar-refractivity contribution is 7.89. The molecule has 8 nitrogen and oxygen atoms in total. The van der Waals surface area contributed by atoms with Crippen molar-refractivity contribution >= 4 is 21.4 Å². The molecule has 0 bridgehead atoms. The highest BCUT2D eigenvalue weighted by Gasteiger charge is 2.37. The van der Waals surface area contributed by atoms with E-state index in [0.717, 1.165) is 10.4 Å². The number of hydrogen-bond acceptors (Lipinski definition) is 6. The van der Waals surface area contributed by atoms with Crippen molar-refractivity contribution in [2.45, 2.75) is 24.3 Å². The van der Waals surface area contributed by atoms with E-state index in [1.165, 1.54) is 33.0 Å². The number of benzene rings is 1. The quantitative estimate of drug-likeness (QED) is 0.598. The second-order valence-corrected chi connectivity index (χ2v) is 7.07. The fraction of sp³-hybridized carbons (Fsp3) is 0.500. The standard InChI is InChI=1S/C12H19N3O5S/c1-12(2,8-16)14(4)21(19,20)11-6-5-9(13-3)7-10(11)15(17)18/h5-7,13,16H,8H2,1-4H3. The third kappa shape index (κ3) is 3.31. The number of likely N-dealkylation sites (N-methyl/N-ethyl adjacent to an activating group) is 1. The molecule has 0 unspecified atom stereocenters. The van der Waals surface area contributed by atoms with E-state index in [9.17, 15) is 23.6 Å². The first kappa shape index (κ1) is 17.3. The number of anilines is 1. The van der Waals surface area contributed by atoms with E-state index in [4.69, 9.17) is 0 Å². The first-order chi connectivity index (χ1) is 9.57. The fourth-order valence-electron chi connectivity index (χ4n) is 1.61. The highest BCUT2D eigenvalue weighted by Crippen LogP contribution is 2.31. The molecule has 0 aromatic heterocycles. The molecule has 1 aromatic carbocycles. The van der Waals surface area contributed by atoms with Crippen LogP contribution in [0.5, 0.6) is 0 Å². The number of nitro benzene ring substituents is 1. The van der Waals surface area contributed by atoms with Crippen molar-refractivity contribution in [3.8, 4) is 0 Å². The molecule has 0 aliphatic rings. The summed E-state index contributed by atoms with van der Waals surface area (Å²) in [4.78, 5) is 9.97. The van der Waals surface area contributed by atoms with Gasteiger partial charge in [-0.1, -0.05) is 0 Å². The summed E-state index contributed by atoms with van der Waals surface area (Å²) < 4.78 is 26.0. The van der Waals surface area contributed by atoms with E-state index >= 15 is 0 Å². The number of nitrogens with one attached hydrogen (secondary N) is 1. The van der Waals surface area contributed by atoms with Gasteiger partial charge in [0.05, 0.1) is 17.1 Å². The molecule has 0 heterocycles. The maximum atomic E-state index is 12.6. The first-order valence-electron chi connectivity index (χ1n) is 6.14. The van der Waals surface area contributed by atoms with Gasteiger partial charge < -0.3 is 10.4 Å². The molecule has 0 spiro atoms. The fourth-order valence-corrected chi connectivity index (χ4v) is 3.25. The minimum absolute atomic E-state index is 0.407. The summed E-state index contributed by atoms with van der Waals surface area (Å²) in [5.41, 5.74) is -1.15. The van der Waals surface area contributed by atoms with Gasteiger partial charge in [0.15, 0.2) is 4.90 Å². The van der Waals surface area contributed by atoms with Gasteiger partial charge in [-0.3, -0.25) is 10.1 Å². The average Bonchev–Trinajstić information content (AvgIpc) is 2.45. The second kappa shape index (κ2) is 5.96. The molecular formula is C12H19N3O5S. The number of sulfonamides is 1. The van der Waals surface area contributed by atoms with Crippen LogP contribution >= 0.6 is 0 Å². The van der Waals surface area contributed by atoms with Gasteiger partial charge in [0.25, 0.3) is 5.69 Å². The molecule has 0 fully saturated rings.